The lowest BCUT2D eigenvalue weighted by Gasteiger charge is -2.19. The van der Waals surface area contributed by atoms with E-state index in [-0.39, 0.29) is 24.0 Å². The Morgan fingerprint density at radius 1 is 1.26 bits per heavy atom. The molecule has 0 aliphatic heterocycles. The van der Waals surface area contributed by atoms with Crippen LogP contribution in [0.3, 0.4) is 0 Å². The molecule has 0 fully saturated rings. The summed E-state index contributed by atoms with van der Waals surface area (Å²) < 4.78 is 5.30. The first-order valence-corrected chi connectivity index (χ1v) is 6.39. The SMILES string of the molecule is CCN(CC)C(N)=NCCc1ccccc1OC.I. The van der Waals surface area contributed by atoms with Gasteiger partial charge in [-0.05, 0) is 31.9 Å². The van der Waals surface area contributed by atoms with Gasteiger partial charge in [-0.1, -0.05) is 18.2 Å². The number of hydrogen-bond acceptors (Lipinski definition) is 2. The Labute approximate surface area is 133 Å². The molecule has 1 aromatic rings. The first-order valence-electron chi connectivity index (χ1n) is 6.39. The molecule has 19 heavy (non-hydrogen) atoms. The van der Waals surface area contributed by atoms with Gasteiger partial charge in [-0.15, -0.1) is 24.0 Å². The smallest absolute Gasteiger partial charge is 0.191 e. The van der Waals surface area contributed by atoms with Gasteiger partial charge in [0.15, 0.2) is 5.96 Å². The maximum absolute atomic E-state index is 5.92. The average Bonchev–Trinajstić information content (AvgIpc) is 2.40. The van der Waals surface area contributed by atoms with E-state index >= 15 is 0 Å². The number of halogens is 1. The zero-order chi connectivity index (χ0) is 13.4. The van der Waals surface area contributed by atoms with Crippen molar-refractivity contribution in [2.75, 3.05) is 26.7 Å². The van der Waals surface area contributed by atoms with Crippen molar-refractivity contribution in [2.45, 2.75) is 20.3 Å². The lowest BCUT2D eigenvalue weighted by molar-refractivity contribution is 0.409. The fourth-order valence-electron chi connectivity index (χ4n) is 1.85. The van der Waals surface area contributed by atoms with E-state index in [1.807, 2.05) is 23.1 Å². The fraction of sp³-hybridized carbons (Fsp3) is 0.500. The number of guanidine groups is 1. The number of rotatable bonds is 6. The molecule has 0 saturated carbocycles. The molecule has 0 aliphatic carbocycles. The molecule has 0 bridgehead atoms. The topological polar surface area (TPSA) is 50.8 Å². The molecule has 4 nitrogen and oxygen atoms in total. The molecular formula is C14H24IN3O. The summed E-state index contributed by atoms with van der Waals surface area (Å²) in [5, 5.41) is 0. The zero-order valence-electron chi connectivity index (χ0n) is 11.9. The number of hydrogen-bond donors (Lipinski definition) is 1. The molecule has 1 rings (SSSR count). The van der Waals surface area contributed by atoms with E-state index in [1.54, 1.807) is 7.11 Å². The van der Waals surface area contributed by atoms with Crippen LogP contribution in [0.5, 0.6) is 5.75 Å². The van der Waals surface area contributed by atoms with Crippen molar-refractivity contribution in [1.82, 2.24) is 4.90 Å². The maximum Gasteiger partial charge on any atom is 0.191 e. The quantitative estimate of drug-likeness (QED) is 0.471. The summed E-state index contributed by atoms with van der Waals surface area (Å²) in [5.74, 6) is 1.53. The van der Waals surface area contributed by atoms with Crippen molar-refractivity contribution in [2.24, 2.45) is 10.7 Å². The second kappa shape index (κ2) is 9.89. The van der Waals surface area contributed by atoms with E-state index in [2.05, 4.69) is 24.9 Å². The maximum atomic E-state index is 5.92. The van der Waals surface area contributed by atoms with Crippen molar-refractivity contribution in [3.05, 3.63) is 29.8 Å². The van der Waals surface area contributed by atoms with Crippen LogP contribution in [0.2, 0.25) is 0 Å². The monoisotopic (exact) mass is 377 g/mol. The van der Waals surface area contributed by atoms with Gasteiger partial charge >= 0.3 is 0 Å². The molecule has 108 valence electrons. The van der Waals surface area contributed by atoms with E-state index in [1.165, 1.54) is 0 Å². The van der Waals surface area contributed by atoms with Gasteiger partial charge in [0.1, 0.15) is 5.75 Å². The van der Waals surface area contributed by atoms with Crippen molar-refractivity contribution in [3.63, 3.8) is 0 Å². The second-order valence-corrected chi connectivity index (χ2v) is 3.97. The highest BCUT2D eigenvalue weighted by Gasteiger charge is 2.03. The van der Waals surface area contributed by atoms with Gasteiger partial charge in [0.2, 0.25) is 0 Å². The van der Waals surface area contributed by atoms with Crippen molar-refractivity contribution >= 4 is 29.9 Å². The summed E-state index contributed by atoms with van der Waals surface area (Å²) in [5.41, 5.74) is 7.08. The Balaban J connectivity index is 0.00000324. The molecule has 0 radical (unpaired) electrons. The number of nitrogens with two attached hydrogens (primary N) is 1. The summed E-state index contributed by atoms with van der Waals surface area (Å²) in [6.45, 7) is 6.61. The molecule has 5 heteroatoms. The minimum atomic E-state index is 0. The van der Waals surface area contributed by atoms with E-state index in [0.717, 1.165) is 30.8 Å². The van der Waals surface area contributed by atoms with Gasteiger partial charge in [0.25, 0.3) is 0 Å². The van der Waals surface area contributed by atoms with Crippen LogP contribution in [0.1, 0.15) is 19.4 Å². The first-order chi connectivity index (χ1) is 8.72. The highest BCUT2D eigenvalue weighted by atomic mass is 127. The fourth-order valence-corrected chi connectivity index (χ4v) is 1.85. The molecule has 0 saturated heterocycles. The summed E-state index contributed by atoms with van der Waals surface area (Å²) >= 11 is 0. The van der Waals surface area contributed by atoms with Gasteiger partial charge in [-0.2, -0.15) is 0 Å². The molecule has 2 N–H and O–H groups in total. The highest BCUT2D eigenvalue weighted by molar-refractivity contribution is 14.0. The van der Waals surface area contributed by atoms with Crippen LogP contribution in [-0.4, -0.2) is 37.6 Å². The molecule has 0 atom stereocenters. The first kappa shape index (κ1) is 18.0. The number of nitrogens with zero attached hydrogens (tertiary/aromatic N) is 2. The normalized spacial score (nSPS) is 10.8. The van der Waals surface area contributed by atoms with Crippen LogP contribution < -0.4 is 10.5 Å². The van der Waals surface area contributed by atoms with Crippen LogP contribution >= 0.6 is 24.0 Å². The number of methoxy groups -OCH3 is 1. The molecular weight excluding hydrogens is 353 g/mol. The van der Waals surface area contributed by atoms with Crippen LogP contribution in [0, 0.1) is 0 Å². The van der Waals surface area contributed by atoms with Crippen LogP contribution in [0.15, 0.2) is 29.3 Å². The number of ether oxygens (including phenoxy) is 1. The summed E-state index contributed by atoms with van der Waals surface area (Å²) in [6.07, 6.45) is 0.839. The van der Waals surface area contributed by atoms with Crippen LogP contribution in [-0.2, 0) is 6.42 Å². The standard InChI is InChI=1S/C14H23N3O.HI/c1-4-17(5-2)14(15)16-11-10-12-8-6-7-9-13(12)18-3;/h6-9H,4-5,10-11H2,1-3H3,(H2,15,16);1H. The van der Waals surface area contributed by atoms with Crippen molar-refractivity contribution in [3.8, 4) is 5.75 Å². The van der Waals surface area contributed by atoms with Gasteiger partial charge < -0.3 is 15.4 Å². The van der Waals surface area contributed by atoms with Gasteiger partial charge in [0.05, 0.1) is 7.11 Å². The largest absolute Gasteiger partial charge is 0.496 e. The van der Waals surface area contributed by atoms with Gasteiger partial charge in [-0.25, -0.2) is 0 Å². The minimum Gasteiger partial charge on any atom is -0.496 e. The predicted molar refractivity (Wildman–Crippen MR) is 91.5 cm³/mol. The Morgan fingerprint density at radius 2 is 1.89 bits per heavy atom. The van der Waals surface area contributed by atoms with E-state index in [4.69, 9.17) is 10.5 Å². The lowest BCUT2D eigenvalue weighted by Crippen LogP contribution is -2.37. The Bertz CT molecular complexity index is 392. The van der Waals surface area contributed by atoms with Crippen LogP contribution in [0.4, 0.5) is 0 Å². The number of benzene rings is 1. The van der Waals surface area contributed by atoms with Gasteiger partial charge in [0, 0.05) is 19.6 Å². The number of para-hydroxylation sites is 1. The number of aliphatic imine (C=N–C) groups is 1. The van der Waals surface area contributed by atoms with Crippen molar-refractivity contribution in [1.29, 1.82) is 0 Å². The summed E-state index contributed by atoms with van der Waals surface area (Å²) in [7, 11) is 1.69. The summed E-state index contributed by atoms with van der Waals surface area (Å²) in [6, 6.07) is 8.00. The third kappa shape index (κ3) is 5.67. The Kier molecular flexibility index (Phi) is 9.38. The van der Waals surface area contributed by atoms with E-state index in [0.29, 0.717) is 12.5 Å². The zero-order valence-corrected chi connectivity index (χ0v) is 14.3. The highest BCUT2D eigenvalue weighted by Crippen LogP contribution is 2.17. The average molecular weight is 377 g/mol. The molecule has 0 aromatic heterocycles. The predicted octanol–water partition coefficient (Wildman–Crippen LogP) is 2.51. The van der Waals surface area contributed by atoms with Crippen LogP contribution in [0.25, 0.3) is 0 Å². The summed E-state index contributed by atoms with van der Waals surface area (Å²) in [4.78, 5) is 6.45. The molecule has 0 amide bonds. The molecule has 1 aromatic carbocycles. The van der Waals surface area contributed by atoms with E-state index < -0.39 is 0 Å². The second-order valence-electron chi connectivity index (χ2n) is 3.97. The Morgan fingerprint density at radius 3 is 2.47 bits per heavy atom. The van der Waals surface area contributed by atoms with Crippen molar-refractivity contribution < 1.29 is 4.74 Å². The third-order valence-electron chi connectivity index (χ3n) is 2.93. The molecule has 0 aliphatic rings. The Hall–Kier alpha value is -0.980. The molecule has 0 unspecified atom stereocenters. The molecule has 0 heterocycles. The lowest BCUT2D eigenvalue weighted by atomic mass is 10.1. The van der Waals surface area contributed by atoms with E-state index in [9.17, 15) is 0 Å². The van der Waals surface area contributed by atoms with Gasteiger partial charge in [-0.3, -0.25) is 4.99 Å². The third-order valence-corrected chi connectivity index (χ3v) is 2.93. The minimum absolute atomic E-state index is 0. The molecule has 0 spiro atoms.